The largest absolute Gasteiger partial charge is 0.395 e. The van der Waals surface area contributed by atoms with Crippen molar-refractivity contribution in [3.63, 3.8) is 0 Å². The minimum Gasteiger partial charge on any atom is -0.395 e. The molecule has 3 amide bonds. The number of hydrogen-bond donors (Lipinski definition) is 3. The molecule has 0 radical (unpaired) electrons. The zero-order valence-corrected chi connectivity index (χ0v) is 20.1. The summed E-state index contributed by atoms with van der Waals surface area (Å²) in [7, 11) is 1.60. The number of urea groups is 1. The number of nitrogens with one attached hydrogen (secondary N) is 1. The number of aryl methyl sites for hydroxylation is 1. The number of nitrogens with two attached hydrogens (primary N) is 2. The molecule has 0 bridgehead atoms. The Hall–Kier alpha value is -2.13. The van der Waals surface area contributed by atoms with Gasteiger partial charge >= 0.3 is 6.03 Å². The lowest BCUT2D eigenvalue weighted by atomic mass is 10.2. The van der Waals surface area contributed by atoms with Crippen LogP contribution < -0.4 is 16.9 Å². The summed E-state index contributed by atoms with van der Waals surface area (Å²) >= 11 is 3.43. The van der Waals surface area contributed by atoms with Crippen LogP contribution in [0.15, 0.2) is 22.3 Å². The summed E-state index contributed by atoms with van der Waals surface area (Å²) < 4.78 is 0.897. The highest BCUT2D eigenvalue weighted by Crippen LogP contribution is 2.20. The highest BCUT2D eigenvalue weighted by atomic mass is 79.9. The third kappa shape index (κ3) is 8.41. The molecule has 1 fully saturated rings. The molecule has 29 heavy (non-hydrogen) atoms. The lowest BCUT2D eigenvalue weighted by molar-refractivity contribution is -0.124. The quantitative estimate of drug-likeness (QED) is 0.345. The van der Waals surface area contributed by atoms with Gasteiger partial charge in [-0.2, -0.15) is 0 Å². The number of hydrogen-bond acceptors (Lipinski definition) is 6. The highest BCUT2D eigenvalue weighted by Gasteiger charge is 2.30. The van der Waals surface area contributed by atoms with E-state index in [4.69, 9.17) is 11.6 Å². The summed E-state index contributed by atoms with van der Waals surface area (Å²) in [5, 5.41) is 3.76. The molecule has 2 heterocycles. The molecule has 5 N–H and O–H groups in total. The number of aromatic nitrogens is 1. The number of nitrogens with zero attached hydrogens (tertiary/aromatic N) is 3. The maximum absolute atomic E-state index is 11.7. The number of carbonyl (C=O) groups is 2. The smallest absolute Gasteiger partial charge is 0.324 e. The van der Waals surface area contributed by atoms with Crippen LogP contribution in [0.3, 0.4) is 0 Å². The normalized spacial score (nSPS) is 13.8. The van der Waals surface area contributed by atoms with Crippen molar-refractivity contribution >= 4 is 33.6 Å². The van der Waals surface area contributed by atoms with E-state index < -0.39 is 6.03 Å². The second kappa shape index (κ2) is 13.2. The van der Waals surface area contributed by atoms with E-state index in [0.29, 0.717) is 17.1 Å². The lowest BCUT2D eigenvalue weighted by Gasteiger charge is -2.23. The number of amides is 3. The van der Waals surface area contributed by atoms with Crippen LogP contribution in [0.5, 0.6) is 0 Å². The fraction of sp³-hybridized carbons (Fsp3) is 0.550. The molecule has 9 heteroatoms. The predicted molar refractivity (Wildman–Crippen MR) is 121 cm³/mol. The molecule has 0 aliphatic carbocycles. The molecule has 1 aliphatic rings. The van der Waals surface area contributed by atoms with Gasteiger partial charge in [0.25, 0.3) is 0 Å². The zero-order chi connectivity index (χ0) is 22.7. The average molecular weight is 471 g/mol. The summed E-state index contributed by atoms with van der Waals surface area (Å²) in [6.45, 7) is 12.5. The van der Waals surface area contributed by atoms with E-state index in [-0.39, 0.29) is 19.0 Å². The van der Waals surface area contributed by atoms with Gasteiger partial charge in [-0.1, -0.05) is 41.5 Å². The topological polar surface area (TPSA) is 118 Å². The number of halogens is 1. The van der Waals surface area contributed by atoms with Crippen molar-refractivity contribution in [1.29, 1.82) is 0 Å². The molecule has 0 unspecified atom stereocenters. The maximum Gasteiger partial charge on any atom is 0.324 e. The lowest BCUT2D eigenvalue weighted by Crippen LogP contribution is -2.39. The molecule has 1 aliphatic heterocycles. The summed E-state index contributed by atoms with van der Waals surface area (Å²) in [6.07, 6.45) is 0.739. The fourth-order valence-electron chi connectivity index (χ4n) is 2.18. The van der Waals surface area contributed by atoms with Crippen LogP contribution in [0, 0.1) is 5.92 Å². The second-order valence-electron chi connectivity index (χ2n) is 6.82. The maximum atomic E-state index is 11.7. The minimum atomic E-state index is -0.458. The van der Waals surface area contributed by atoms with Crippen LogP contribution in [0.25, 0.3) is 5.70 Å². The van der Waals surface area contributed by atoms with Gasteiger partial charge in [-0.3, -0.25) is 14.7 Å². The monoisotopic (exact) mass is 470 g/mol. The minimum absolute atomic E-state index is 0.0112. The summed E-state index contributed by atoms with van der Waals surface area (Å²) in [5.41, 5.74) is 8.36. The third-order valence-electron chi connectivity index (χ3n) is 3.51. The summed E-state index contributed by atoms with van der Waals surface area (Å²) in [4.78, 5) is 29.0. The van der Waals surface area contributed by atoms with Crippen LogP contribution >= 0.6 is 15.9 Å². The molecule has 0 spiro atoms. The molecular weight excluding hydrogens is 436 g/mol. The fourth-order valence-corrected chi connectivity index (χ4v) is 2.68. The molecule has 0 saturated carbocycles. The van der Waals surface area contributed by atoms with Crippen molar-refractivity contribution in [2.45, 2.75) is 48.0 Å². The SMILES string of the molecule is CC.CC(C)C.CCc1nc(/C(N)=C(\CN2C(=O)CNC2=O)N(C)N)ccc1Br. The second-order valence-corrected chi connectivity index (χ2v) is 7.67. The first-order chi connectivity index (χ1) is 13.6. The van der Waals surface area contributed by atoms with Gasteiger partial charge in [-0.15, -0.1) is 0 Å². The van der Waals surface area contributed by atoms with E-state index in [1.165, 1.54) is 5.01 Å². The van der Waals surface area contributed by atoms with Gasteiger partial charge in [-0.05, 0) is 40.4 Å². The average Bonchev–Trinajstić information content (AvgIpc) is 2.98. The molecule has 164 valence electrons. The Kier molecular flexibility index (Phi) is 12.2. The number of carbonyl (C=O) groups excluding carboxylic acids is 2. The number of imide groups is 1. The molecule has 2 rings (SSSR count). The Morgan fingerprint density at radius 2 is 1.86 bits per heavy atom. The summed E-state index contributed by atoms with van der Waals surface area (Å²) in [5.74, 6) is 6.35. The van der Waals surface area contributed by atoms with Crippen molar-refractivity contribution in [3.8, 4) is 0 Å². The van der Waals surface area contributed by atoms with Gasteiger partial charge < -0.3 is 16.1 Å². The van der Waals surface area contributed by atoms with Gasteiger partial charge in [0.1, 0.15) is 0 Å². The van der Waals surface area contributed by atoms with E-state index in [9.17, 15) is 9.59 Å². The van der Waals surface area contributed by atoms with Gasteiger partial charge in [0, 0.05) is 11.5 Å². The van der Waals surface area contributed by atoms with Crippen molar-refractivity contribution < 1.29 is 9.59 Å². The number of likely N-dealkylation sites (N-methyl/N-ethyl adjacent to an activating group) is 1. The van der Waals surface area contributed by atoms with Gasteiger partial charge in [0.15, 0.2) is 0 Å². The van der Waals surface area contributed by atoms with Gasteiger partial charge in [-0.25, -0.2) is 10.6 Å². The number of rotatable bonds is 5. The van der Waals surface area contributed by atoms with E-state index in [1.807, 2.05) is 26.8 Å². The van der Waals surface area contributed by atoms with Crippen molar-refractivity contribution in [1.82, 2.24) is 20.2 Å². The first kappa shape index (κ1) is 26.9. The predicted octanol–water partition coefficient (Wildman–Crippen LogP) is 3.08. The van der Waals surface area contributed by atoms with E-state index in [1.54, 1.807) is 13.1 Å². The van der Waals surface area contributed by atoms with E-state index >= 15 is 0 Å². The summed E-state index contributed by atoms with van der Waals surface area (Å²) in [6, 6.07) is 3.16. The standard InChI is InChI=1S/C14H19BrN6O2.C4H10.C2H6/c1-3-9-8(15)4-5-10(19-9)13(16)11(20(2)17)7-21-12(22)6-18-14(21)23;1-4(2)3;1-2/h4-5H,3,6-7,16-17H2,1-2H3,(H,18,23);4H,1-3H3;1-2H3/b13-11-;;. The first-order valence-corrected chi connectivity index (χ1v) is 10.6. The number of hydrazine groups is 1. The Labute approximate surface area is 182 Å². The Balaban J connectivity index is 0.00000116. The van der Waals surface area contributed by atoms with Gasteiger partial charge in [0.05, 0.1) is 35.9 Å². The Bertz CT molecular complexity index is 700. The first-order valence-electron chi connectivity index (χ1n) is 9.79. The van der Waals surface area contributed by atoms with Crippen LogP contribution in [0.4, 0.5) is 4.79 Å². The van der Waals surface area contributed by atoms with E-state index in [2.05, 4.69) is 47.0 Å². The van der Waals surface area contributed by atoms with Crippen LogP contribution in [-0.2, 0) is 11.2 Å². The van der Waals surface area contributed by atoms with Crippen LogP contribution in [-0.4, -0.2) is 47.0 Å². The molecule has 1 aromatic rings. The van der Waals surface area contributed by atoms with Crippen molar-refractivity contribution in [2.24, 2.45) is 17.5 Å². The van der Waals surface area contributed by atoms with Crippen LogP contribution in [0.1, 0.15) is 52.9 Å². The highest BCUT2D eigenvalue weighted by molar-refractivity contribution is 9.10. The zero-order valence-electron chi connectivity index (χ0n) is 18.5. The Morgan fingerprint density at radius 3 is 2.28 bits per heavy atom. The number of pyridine rings is 1. The molecule has 0 atom stereocenters. The molecule has 0 aromatic carbocycles. The molecule has 1 saturated heterocycles. The molecular formula is C20H35BrN6O2. The van der Waals surface area contributed by atoms with E-state index in [0.717, 1.165) is 27.4 Å². The molecule has 8 nitrogen and oxygen atoms in total. The van der Waals surface area contributed by atoms with Crippen molar-refractivity contribution in [2.75, 3.05) is 20.1 Å². The van der Waals surface area contributed by atoms with Crippen LogP contribution in [0.2, 0.25) is 0 Å². The third-order valence-corrected chi connectivity index (χ3v) is 4.23. The van der Waals surface area contributed by atoms with Gasteiger partial charge in [0.2, 0.25) is 5.91 Å². The molecule has 1 aromatic heterocycles. The van der Waals surface area contributed by atoms with Crippen molar-refractivity contribution in [3.05, 3.63) is 33.7 Å². The Morgan fingerprint density at radius 1 is 1.31 bits per heavy atom.